The van der Waals surface area contributed by atoms with Crippen LogP contribution in [0, 0.1) is 11.6 Å². The number of fused-ring (bicyclic) bond motifs is 1. The average Bonchev–Trinajstić information content (AvgIpc) is 2.57. The fraction of sp³-hybridized carbons (Fsp3) is 0.294. The van der Waals surface area contributed by atoms with E-state index in [-0.39, 0.29) is 34.7 Å². The normalized spacial score (nSPS) is 22.4. The van der Waals surface area contributed by atoms with E-state index in [9.17, 15) is 18.7 Å². The Morgan fingerprint density at radius 1 is 1.44 bits per heavy atom. The number of rotatable bonds is 3. The molecule has 1 aromatic carbocycles. The molecule has 1 heterocycles. The number of benzene rings is 1. The molecule has 2 N–H and O–H groups in total. The number of carbonyl (C=O) groups excluding carboxylic acids is 1. The fourth-order valence-corrected chi connectivity index (χ4v) is 3.17. The van der Waals surface area contributed by atoms with E-state index in [4.69, 9.17) is 11.6 Å². The van der Waals surface area contributed by atoms with Crippen molar-refractivity contribution in [2.75, 3.05) is 0 Å². The second-order valence-electron chi connectivity index (χ2n) is 5.82. The molecule has 2 atom stereocenters. The maximum absolute atomic E-state index is 15.4. The molecule has 1 aliphatic rings. The first-order chi connectivity index (χ1) is 11.8. The number of halogens is 4. The molecule has 8 heteroatoms. The lowest BCUT2D eigenvalue weighted by molar-refractivity contribution is -0.135. The van der Waals surface area contributed by atoms with Crippen LogP contribution < -0.4 is 5.32 Å². The molecule has 2 unspecified atom stereocenters. The van der Waals surface area contributed by atoms with Crippen molar-refractivity contribution in [1.82, 2.24) is 10.3 Å². The Morgan fingerprint density at radius 2 is 2.20 bits per heavy atom. The van der Waals surface area contributed by atoms with E-state index in [0.29, 0.717) is 6.07 Å². The van der Waals surface area contributed by atoms with Gasteiger partial charge in [-0.25, -0.2) is 13.2 Å². The molecule has 0 fully saturated rings. The topological polar surface area (TPSA) is 62.2 Å². The Hall–Kier alpha value is -2.12. The number of nitrogens with one attached hydrogen (secondary N) is 1. The van der Waals surface area contributed by atoms with Crippen LogP contribution in [0.25, 0.3) is 0 Å². The van der Waals surface area contributed by atoms with Gasteiger partial charge in [0, 0.05) is 29.9 Å². The zero-order valence-electron chi connectivity index (χ0n) is 12.9. The maximum Gasteiger partial charge on any atom is 0.262 e. The highest BCUT2D eigenvalue weighted by Gasteiger charge is 2.46. The van der Waals surface area contributed by atoms with Crippen molar-refractivity contribution < 1.29 is 23.1 Å². The van der Waals surface area contributed by atoms with E-state index in [0.717, 1.165) is 6.07 Å². The quantitative estimate of drug-likeness (QED) is 0.871. The van der Waals surface area contributed by atoms with Gasteiger partial charge in [0.2, 0.25) is 5.67 Å². The van der Waals surface area contributed by atoms with Gasteiger partial charge >= 0.3 is 0 Å². The van der Waals surface area contributed by atoms with Crippen LogP contribution in [-0.4, -0.2) is 16.0 Å². The van der Waals surface area contributed by atoms with Crippen LogP contribution in [0.3, 0.4) is 0 Å². The molecule has 2 aromatic rings. The second-order valence-corrected chi connectivity index (χ2v) is 6.23. The monoisotopic (exact) mass is 370 g/mol. The van der Waals surface area contributed by atoms with E-state index in [1.807, 2.05) is 0 Å². The van der Waals surface area contributed by atoms with Gasteiger partial charge in [-0.15, -0.1) is 0 Å². The lowest BCUT2D eigenvalue weighted by atomic mass is 9.81. The Morgan fingerprint density at radius 3 is 2.92 bits per heavy atom. The predicted octanol–water partition coefficient (Wildman–Crippen LogP) is 3.32. The summed E-state index contributed by atoms with van der Waals surface area (Å²) in [6.07, 6.45) is 0.244. The number of alkyl halides is 1. The molecular formula is C17H14ClF3N2O2. The highest BCUT2D eigenvalue weighted by atomic mass is 35.5. The Balaban J connectivity index is 1.84. The average molecular weight is 371 g/mol. The molecule has 0 saturated carbocycles. The van der Waals surface area contributed by atoms with Crippen LogP contribution >= 0.6 is 11.6 Å². The van der Waals surface area contributed by atoms with E-state index in [2.05, 4.69) is 10.3 Å². The van der Waals surface area contributed by atoms with Gasteiger partial charge in [0.25, 0.3) is 5.91 Å². The van der Waals surface area contributed by atoms with Crippen LogP contribution in [0.5, 0.6) is 0 Å². The number of amides is 1. The summed E-state index contributed by atoms with van der Waals surface area (Å²) in [5.74, 6) is -2.77. The molecule has 0 bridgehead atoms. The first kappa shape index (κ1) is 17.7. The second kappa shape index (κ2) is 6.65. The van der Waals surface area contributed by atoms with Gasteiger partial charge in [0.1, 0.15) is 11.6 Å². The Labute approximate surface area is 146 Å². The molecule has 0 spiro atoms. The van der Waals surface area contributed by atoms with Crippen LogP contribution in [0.2, 0.25) is 5.02 Å². The van der Waals surface area contributed by atoms with Crippen molar-refractivity contribution in [1.29, 1.82) is 0 Å². The molecule has 0 radical (unpaired) electrons. The van der Waals surface area contributed by atoms with Gasteiger partial charge in [-0.1, -0.05) is 17.7 Å². The number of carbonyl (C=O) groups is 1. The summed E-state index contributed by atoms with van der Waals surface area (Å²) < 4.78 is 42.2. The summed E-state index contributed by atoms with van der Waals surface area (Å²) in [4.78, 5) is 16.4. The summed E-state index contributed by atoms with van der Waals surface area (Å²) in [6, 6.07) is 4.40. The van der Waals surface area contributed by atoms with Crippen molar-refractivity contribution in [3.63, 3.8) is 0 Å². The third kappa shape index (κ3) is 3.21. The van der Waals surface area contributed by atoms with Gasteiger partial charge in [0.05, 0.1) is 16.8 Å². The van der Waals surface area contributed by atoms with Crippen LogP contribution in [-0.2, 0) is 17.0 Å². The largest absolute Gasteiger partial charge is 0.387 e. The molecule has 1 aliphatic carbocycles. The van der Waals surface area contributed by atoms with Crippen molar-refractivity contribution in [3.05, 3.63) is 63.9 Å². The van der Waals surface area contributed by atoms with Gasteiger partial charge in [-0.05, 0) is 25.0 Å². The van der Waals surface area contributed by atoms with Crippen molar-refractivity contribution in [2.45, 2.75) is 31.2 Å². The smallest absolute Gasteiger partial charge is 0.262 e. The number of nitrogens with zero attached hydrogens (tertiary/aromatic N) is 1. The first-order valence-corrected chi connectivity index (χ1v) is 7.95. The summed E-state index contributed by atoms with van der Waals surface area (Å²) >= 11 is 5.77. The highest BCUT2D eigenvalue weighted by molar-refractivity contribution is 6.31. The SMILES string of the molecule is O=C(NCc1c(F)cc(F)cc1Cl)C1(F)CCC(O)c2ncccc21. The van der Waals surface area contributed by atoms with Crippen LogP contribution in [0.4, 0.5) is 13.2 Å². The zero-order valence-corrected chi connectivity index (χ0v) is 13.7. The molecule has 1 amide bonds. The van der Waals surface area contributed by atoms with Crippen molar-refractivity contribution in [2.24, 2.45) is 0 Å². The van der Waals surface area contributed by atoms with E-state index in [1.165, 1.54) is 18.3 Å². The minimum absolute atomic E-state index is 0.0167. The standard InChI is InChI=1S/C17H14ClF3N2O2/c18-12-6-9(19)7-13(20)10(12)8-23-16(25)17(21)4-3-14(24)15-11(17)2-1-5-22-15/h1-2,5-7,14,24H,3-4,8H2,(H,23,25). The lowest BCUT2D eigenvalue weighted by Gasteiger charge is -2.32. The zero-order chi connectivity index (χ0) is 18.2. The third-order valence-electron chi connectivity index (χ3n) is 4.23. The van der Waals surface area contributed by atoms with Gasteiger partial charge in [0.15, 0.2) is 0 Å². The third-order valence-corrected chi connectivity index (χ3v) is 4.57. The van der Waals surface area contributed by atoms with Crippen LogP contribution in [0.15, 0.2) is 30.5 Å². The van der Waals surface area contributed by atoms with E-state index >= 15 is 4.39 Å². The molecule has 3 rings (SSSR count). The van der Waals surface area contributed by atoms with Crippen LogP contribution in [0.1, 0.15) is 35.8 Å². The molecular weight excluding hydrogens is 357 g/mol. The number of hydrogen-bond acceptors (Lipinski definition) is 3. The minimum atomic E-state index is -2.40. The maximum atomic E-state index is 15.4. The highest BCUT2D eigenvalue weighted by Crippen LogP contribution is 2.42. The number of pyridine rings is 1. The first-order valence-electron chi connectivity index (χ1n) is 7.57. The molecule has 1 aromatic heterocycles. The van der Waals surface area contributed by atoms with E-state index in [1.54, 1.807) is 0 Å². The van der Waals surface area contributed by atoms with Crippen molar-refractivity contribution >= 4 is 17.5 Å². The Kier molecular flexibility index (Phi) is 4.71. The molecule has 25 heavy (non-hydrogen) atoms. The summed E-state index contributed by atoms with van der Waals surface area (Å²) in [5.41, 5.74) is -2.44. The lowest BCUT2D eigenvalue weighted by Crippen LogP contribution is -2.44. The predicted molar refractivity (Wildman–Crippen MR) is 84.4 cm³/mol. The van der Waals surface area contributed by atoms with Gasteiger partial charge < -0.3 is 10.4 Å². The summed E-state index contributed by atoms with van der Waals surface area (Å²) in [6.45, 7) is -0.395. The molecule has 0 aliphatic heterocycles. The van der Waals surface area contributed by atoms with E-state index < -0.39 is 35.9 Å². The molecule has 4 nitrogen and oxygen atoms in total. The number of hydrogen-bond donors (Lipinski definition) is 2. The number of aliphatic hydroxyl groups is 1. The van der Waals surface area contributed by atoms with Gasteiger partial charge in [-0.3, -0.25) is 9.78 Å². The molecule has 0 saturated heterocycles. The van der Waals surface area contributed by atoms with Gasteiger partial charge in [-0.2, -0.15) is 0 Å². The molecule has 132 valence electrons. The summed E-state index contributed by atoms with van der Waals surface area (Å²) in [7, 11) is 0. The fourth-order valence-electron chi connectivity index (χ4n) is 2.91. The Bertz CT molecular complexity index is 810. The number of aliphatic hydroxyl groups excluding tert-OH is 1. The minimum Gasteiger partial charge on any atom is -0.387 e. The summed E-state index contributed by atoms with van der Waals surface area (Å²) in [5, 5.41) is 12.0. The van der Waals surface area contributed by atoms with Crippen molar-refractivity contribution in [3.8, 4) is 0 Å². The number of aromatic nitrogens is 1.